The predicted molar refractivity (Wildman–Crippen MR) is 238 cm³/mol. The largest absolute Gasteiger partial charge is 0.310 e. The summed E-state index contributed by atoms with van der Waals surface area (Å²) in [6, 6.07) is 74.9. The van der Waals surface area contributed by atoms with Gasteiger partial charge in [0.1, 0.15) is 0 Å². The van der Waals surface area contributed by atoms with Gasteiger partial charge in [0.25, 0.3) is 0 Å². The maximum atomic E-state index is 2.47. The standard InChI is InChI=1S/C56H39N/c1-55(2)49-21-11-8-18-43(49)46-32-29-41(35-53(46)55)57(39-27-24-37(25-28-39)36-14-4-3-5-15-36)40-30-33-52-48(34-40)47-31-26-38-16-6-7-17-42(38)54(47)56(52)50-22-12-9-19-44(50)45-20-10-13-23-51(45)56/h3-35H,1-2H3. The normalized spacial score (nSPS) is 14.4. The molecule has 0 N–H and O–H groups in total. The van der Waals surface area contributed by atoms with Crippen LogP contribution in [0.25, 0.3) is 55.3 Å². The summed E-state index contributed by atoms with van der Waals surface area (Å²) in [6.07, 6.45) is 0. The molecular formula is C56H39N. The van der Waals surface area contributed by atoms with Crippen molar-refractivity contribution < 1.29 is 0 Å². The van der Waals surface area contributed by atoms with Crippen LogP contribution in [0.4, 0.5) is 17.1 Å². The summed E-state index contributed by atoms with van der Waals surface area (Å²) in [4.78, 5) is 2.47. The van der Waals surface area contributed by atoms with Crippen LogP contribution in [-0.2, 0) is 10.8 Å². The molecule has 0 bridgehead atoms. The summed E-state index contributed by atoms with van der Waals surface area (Å²) in [5.74, 6) is 0. The molecule has 0 atom stereocenters. The van der Waals surface area contributed by atoms with Crippen molar-refractivity contribution in [2.45, 2.75) is 24.7 Å². The SMILES string of the molecule is CC1(C)c2ccccc2-c2ccc(N(c3ccc(-c4ccccc4)cc3)c3ccc4c(c3)-c3ccc5ccccc5c3C43c4ccccc4-c4ccccc43)cc21. The van der Waals surface area contributed by atoms with Crippen molar-refractivity contribution in [3.05, 3.63) is 234 Å². The zero-order valence-electron chi connectivity index (χ0n) is 32.0. The van der Waals surface area contributed by atoms with Crippen molar-refractivity contribution in [1.29, 1.82) is 0 Å². The number of anilines is 3. The van der Waals surface area contributed by atoms with Crippen molar-refractivity contribution in [2.24, 2.45) is 0 Å². The number of nitrogens with zero attached hydrogens (tertiary/aromatic N) is 1. The second kappa shape index (κ2) is 11.8. The average molecular weight is 726 g/mol. The van der Waals surface area contributed by atoms with Crippen molar-refractivity contribution in [2.75, 3.05) is 4.90 Å². The van der Waals surface area contributed by atoms with E-state index in [-0.39, 0.29) is 5.41 Å². The highest BCUT2D eigenvalue weighted by molar-refractivity contribution is 6.04. The van der Waals surface area contributed by atoms with Crippen LogP contribution < -0.4 is 4.90 Å². The Bertz CT molecular complexity index is 3050. The second-order valence-electron chi connectivity index (χ2n) is 16.4. The Balaban J connectivity index is 1.11. The maximum absolute atomic E-state index is 2.47. The summed E-state index contributed by atoms with van der Waals surface area (Å²) >= 11 is 0. The lowest BCUT2D eigenvalue weighted by atomic mass is 9.69. The van der Waals surface area contributed by atoms with Gasteiger partial charge in [-0.05, 0) is 125 Å². The van der Waals surface area contributed by atoms with Crippen LogP contribution in [0.3, 0.4) is 0 Å². The molecule has 0 amide bonds. The van der Waals surface area contributed by atoms with E-state index in [0.29, 0.717) is 0 Å². The molecule has 12 rings (SSSR count). The molecule has 3 aliphatic rings. The van der Waals surface area contributed by atoms with Crippen LogP contribution in [0.2, 0.25) is 0 Å². The molecule has 0 unspecified atom stereocenters. The minimum Gasteiger partial charge on any atom is -0.310 e. The summed E-state index contributed by atoms with van der Waals surface area (Å²) < 4.78 is 0. The fraction of sp³-hybridized carbons (Fsp3) is 0.0714. The monoisotopic (exact) mass is 725 g/mol. The van der Waals surface area contributed by atoms with Crippen molar-refractivity contribution in [3.63, 3.8) is 0 Å². The van der Waals surface area contributed by atoms with Gasteiger partial charge in [0.05, 0.1) is 5.41 Å². The third kappa shape index (κ3) is 4.34. The highest BCUT2D eigenvalue weighted by atomic mass is 15.1. The summed E-state index contributed by atoms with van der Waals surface area (Å²) in [7, 11) is 0. The highest BCUT2D eigenvalue weighted by Gasteiger charge is 2.52. The lowest BCUT2D eigenvalue weighted by Crippen LogP contribution is -2.26. The fourth-order valence-electron chi connectivity index (χ4n) is 10.8. The van der Waals surface area contributed by atoms with Crippen LogP contribution in [-0.4, -0.2) is 0 Å². The molecule has 0 fully saturated rings. The van der Waals surface area contributed by atoms with Crippen molar-refractivity contribution >= 4 is 27.8 Å². The van der Waals surface area contributed by atoms with Crippen LogP contribution in [0, 0.1) is 0 Å². The van der Waals surface area contributed by atoms with Crippen molar-refractivity contribution in [1.82, 2.24) is 0 Å². The van der Waals surface area contributed by atoms with Crippen LogP contribution in [0.15, 0.2) is 200 Å². The van der Waals surface area contributed by atoms with E-state index >= 15 is 0 Å². The second-order valence-corrected chi connectivity index (χ2v) is 16.4. The molecule has 1 nitrogen and oxygen atoms in total. The quantitative estimate of drug-likeness (QED) is 0.175. The van der Waals surface area contributed by atoms with E-state index in [4.69, 9.17) is 0 Å². The number of hydrogen-bond acceptors (Lipinski definition) is 1. The fourth-order valence-corrected chi connectivity index (χ4v) is 10.8. The highest BCUT2D eigenvalue weighted by Crippen LogP contribution is 2.64. The Morgan fingerprint density at radius 3 is 1.58 bits per heavy atom. The van der Waals surface area contributed by atoms with E-state index in [2.05, 4.69) is 219 Å². The minimum atomic E-state index is -0.428. The zero-order chi connectivity index (χ0) is 37.9. The first-order valence-electron chi connectivity index (χ1n) is 20.1. The number of hydrogen-bond donors (Lipinski definition) is 0. The van der Waals surface area contributed by atoms with E-state index in [9.17, 15) is 0 Å². The predicted octanol–water partition coefficient (Wildman–Crippen LogP) is 14.6. The molecule has 9 aromatic rings. The third-order valence-corrected chi connectivity index (χ3v) is 13.3. The summed E-state index contributed by atoms with van der Waals surface area (Å²) in [6.45, 7) is 4.74. The Kier molecular flexibility index (Phi) is 6.67. The molecule has 0 saturated heterocycles. The van der Waals surface area contributed by atoms with Gasteiger partial charge in [-0.1, -0.05) is 178 Å². The molecule has 0 aromatic heterocycles. The molecule has 0 saturated carbocycles. The first-order valence-corrected chi connectivity index (χ1v) is 20.1. The summed E-state index contributed by atoms with van der Waals surface area (Å²) in [5, 5.41) is 2.58. The Hall–Kier alpha value is -6.96. The topological polar surface area (TPSA) is 3.24 Å². The molecule has 57 heavy (non-hydrogen) atoms. The molecule has 0 radical (unpaired) electrons. The van der Waals surface area contributed by atoms with Crippen molar-refractivity contribution in [3.8, 4) is 44.5 Å². The number of benzene rings is 9. The van der Waals surface area contributed by atoms with Crippen LogP contribution in [0.5, 0.6) is 0 Å². The lowest BCUT2D eigenvalue weighted by molar-refractivity contribution is 0.660. The van der Waals surface area contributed by atoms with Crippen LogP contribution >= 0.6 is 0 Å². The number of fused-ring (bicyclic) bond motifs is 15. The third-order valence-electron chi connectivity index (χ3n) is 13.3. The van der Waals surface area contributed by atoms with E-state index in [1.54, 1.807) is 0 Å². The molecular weight excluding hydrogens is 687 g/mol. The molecule has 9 aromatic carbocycles. The first kappa shape index (κ1) is 32.3. The van der Waals surface area contributed by atoms with Gasteiger partial charge < -0.3 is 4.90 Å². The molecule has 0 aliphatic heterocycles. The van der Waals surface area contributed by atoms with E-state index in [1.165, 1.54) is 88.7 Å². The molecule has 0 heterocycles. The Morgan fingerprint density at radius 1 is 0.333 bits per heavy atom. The van der Waals surface area contributed by atoms with Gasteiger partial charge in [-0.3, -0.25) is 0 Å². The lowest BCUT2D eigenvalue weighted by Gasteiger charge is -2.32. The zero-order valence-corrected chi connectivity index (χ0v) is 32.0. The average Bonchev–Trinajstić information content (AvgIpc) is 3.83. The Morgan fingerprint density at radius 2 is 0.842 bits per heavy atom. The smallest absolute Gasteiger partial charge is 0.0731 e. The number of rotatable bonds is 4. The molecule has 3 aliphatic carbocycles. The van der Waals surface area contributed by atoms with Gasteiger partial charge in [-0.25, -0.2) is 0 Å². The molecule has 1 spiro atoms. The minimum absolute atomic E-state index is 0.113. The van der Waals surface area contributed by atoms with Gasteiger partial charge in [-0.2, -0.15) is 0 Å². The van der Waals surface area contributed by atoms with Crippen LogP contribution in [0.1, 0.15) is 47.2 Å². The molecule has 1 heteroatoms. The van der Waals surface area contributed by atoms with Gasteiger partial charge in [0.2, 0.25) is 0 Å². The van der Waals surface area contributed by atoms with E-state index in [0.717, 1.165) is 17.1 Å². The summed E-state index contributed by atoms with van der Waals surface area (Å²) in [5.41, 5.74) is 21.5. The van der Waals surface area contributed by atoms with E-state index in [1.807, 2.05) is 0 Å². The van der Waals surface area contributed by atoms with Gasteiger partial charge in [0, 0.05) is 22.5 Å². The Labute approximate surface area is 334 Å². The molecule has 268 valence electrons. The van der Waals surface area contributed by atoms with Gasteiger partial charge >= 0.3 is 0 Å². The van der Waals surface area contributed by atoms with Gasteiger partial charge in [0.15, 0.2) is 0 Å². The van der Waals surface area contributed by atoms with Gasteiger partial charge in [-0.15, -0.1) is 0 Å². The maximum Gasteiger partial charge on any atom is 0.0731 e. The first-order chi connectivity index (χ1) is 28.0. The van der Waals surface area contributed by atoms with E-state index < -0.39 is 5.41 Å².